The van der Waals surface area contributed by atoms with Gasteiger partial charge in [-0.1, -0.05) is 31.5 Å². The predicted molar refractivity (Wildman–Crippen MR) is 171 cm³/mol. The minimum absolute atomic E-state index is 0.00635. The van der Waals surface area contributed by atoms with Gasteiger partial charge in [-0.2, -0.15) is 13.2 Å². The van der Waals surface area contributed by atoms with Crippen molar-refractivity contribution < 1.29 is 27.9 Å². The lowest BCUT2D eigenvalue weighted by molar-refractivity contribution is -0.139. The first kappa shape index (κ1) is 36.0. The first-order valence-corrected chi connectivity index (χ1v) is 15.0. The SMILES string of the molecule is C#Cc1ncc([C@H](CC(=O)O)NC(=O)[C@H](CC(C)C)n2cc(CCN(C)C)c(C(F)(F)F)cc2=O)cc1-c1c(C)cc(C)cc1C. The summed E-state index contributed by atoms with van der Waals surface area (Å²) in [6.07, 6.45) is 3.13. The van der Waals surface area contributed by atoms with Crippen LogP contribution in [0.1, 0.15) is 77.8 Å². The van der Waals surface area contributed by atoms with Gasteiger partial charge in [-0.25, -0.2) is 4.98 Å². The second-order valence-corrected chi connectivity index (χ2v) is 12.4. The van der Waals surface area contributed by atoms with Crippen molar-refractivity contribution in [2.75, 3.05) is 20.6 Å². The number of aromatic nitrogens is 2. The molecule has 0 saturated carbocycles. The van der Waals surface area contributed by atoms with Crippen LogP contribution in [0.5, 0.6) is 0 Å². The zero-order valence-electron chi connectivity index (χ0n) is 27.2. The van der Waals surface area contributed by atoms with Gasteiger partial charge in [0.2, 0.25) is 5.91 Å². The standard InChI is InChI=1S/C35H41F3N4O4/c1-9-28-26(33-22(5)13-21(4)14-23(33)6)15-25(18-39-28)29(17-32(44)45)40-34(46)30(12-20(2)3)42-19-24(10-11-41(7)8)27(16-31(42)43)35(36,37)38/h1,13-16,18-20,29-30H,10-12,17H2,2-8H3,(H,40,46)(H,44,45)/t29-,30-/m0/s1. The maximum absolute atomic E-state index is 13.9. The van der Waals surface area contributed by atoms with Crippen LogP contribution in [0.15, 0.2) is 41.5 Å². The Morgan fingerprint density at radius 2 is 1.74 bits per heavy atom. The molecule has 2 heterocycles. The van der Waals surface area contributed by atoms with Crippen molar-refractivity contribution in [2.24, 2.45) is 5.92 Å². The number of carboxylic acids is 1. The largest absolute Gasteiger partial charge is 0.481 e. The Bertz CT molecular complexity index is 1680. The highest BCUT2D eigenvalue weighted by molar-refractivity contribution is 5.82. The minimum atomic E-state index is -4.76. The molecule has 11 heteroatoms. The van der Waals surface area contributed by atoms with Crippen molar-refractivity contribution in [1.82, 2.24) is 19.8 Å². The van der Waals surface area contributed by atoms with E-state index in [9.17, 15) is 32.7 Å². The van der Waals surface area contributed by atoms with Crippen LogP contribution in [-0.4, -0.2) is 52.1 Å². The van der Waals surface area contributed by atoms with Crippen LogP contribution in [-0.2, 0) is 22.2 Å². The third-order valence-electron chi connectivity index (χ3n) is 7.72. The molecule has 0 spiro atoms. The number of rotatable bonds is 12. The van der Waals surface area contributed by atoms with Crippen LogP contribution in [0, 0.1) is 39.0 Å². The van der Waals surface area contributed by atoms with Gasteiger partial charge < -0.3 is 19.9 Å². The molecule has 0 radical (unpaired) electrons. The van der Waals surface area contributed by atoms with Crippen molar-refractivity contribution in [3.8, 4) is 23.5 Å². The number of pyridine rings is 2. The molecule has 1 amide bonds. The number of terminal acetylenes is 1. The van der Waals surface area contributed by atoms with E-state index in [4.69, 9.17) is 6.42 Å². The van der Waals surface area contributed by atoms with E-state index >= 15 is 0 Å². The third kappa shape index (κ3) is 8.85. The number of amides is 1. The van der Waals surface area contributed by atoms with Gasteiger partial charge in [0.1, 0.15) is 11.7 Å². The summed E-state index contributed by atoms with van der Waals surface area (Å²) in [6, 6.07) is 3.95. The smallest absolute Gasteiger partial charge is 0.416 e. The fourth-order valence-electron chi connectivity index (χ4n) is 5.71. The molecular formula is C35H41F3N4O4. The molecule has 2 aromatic heterocycles. The van der Waals surface area contributed by atoms with Gasteiger partial charge in [0.25, 0.3) is 5.56 Å². The summed E-state index contributed by atoms with van der Waals surface area (Å²) in [6.45, 7) is 9.76. The van der Waals surface area contributed by atoms with Crippen molar-refractivity contribution in [1.29, 1.82) is 0 Å². The minimum Gasteiger partial charge on any atom is -0.481 e. The molecule has 3 aromatic rings. The van der Waals surface area contributed by atoms with E-state index in [2.05, 4.69) is 16.2 Å². The number of likely N-dealkylation sites (N-methyl/N-ethyl adjacent to an activating group) is 1. The lowest BCUT2D eigenvalue weighted by Gasteiger charge is -2.26. The van der Waals surface area contributed by atoms with Gasteiger partial charge >= 0.3 is 12.1 Å². The highest BCUT2D eigenvalue weighted by Gasteiger charge is 2.36. The Labute approximate surface area is 267 Å². The summed E-state index contributed by atoms with van der Waals surface area (Å²) >= 11 is 0. The van der Waals surface area contributed by atoms with Gasteiger partial charge in [-0.15, -0.1) is 6.42 Å². The second kappa shape index (κ2) is 14.8. The Morgan fingerprint density at radius 3 is 2.26 bits per heavy atom. The molecule has 0 aliphatic rings. The molecular weight excluding hydrogens is 597 g/mol. The molecule has 3 rings (SSSR count). The highest BCUT2D eigenvalue weighted by atomic mass is 19.4. The molecule has 2 atom stereocenters. The average Bonchev–Trinajstić information content (AvgIpc) is 2.93. The summed E-state index contributed by atoms with van der Waals surface area (Å²) in [4.78, 5) is 45.2. The Hall–Kier alpha value is -4.43. The number of nitrogens with zero attached hydrogens (tertiary/aromatic N) is 3. The number of benzene rings is 1. The number of aliphatic carboxylic acids is 1. The summed E-state index contributed by atoms with van der Waals surface area (Å²) in [7, 11) is 3.44. The normalized spacial score (nSPS) is 13.0. The van der Waals surface area contributed by atoms with Gasteiger partial charge in [0.05, 0.1) is 18.0 Å². The van der Waals surface area contributed by atoms with E-state index < -0.39 is 47.7 Å². The zero-order chi connectivity index (χ0) is 34.5. The molecule has 46 heavy (non-hydrogen) atoms. The topological polar surface area (TPSA) is 105 Å². The van der Waals surface area contributed by atoms with Crippen LogP contribution in [0.2, 0.25) is 0 Å². The Kier molecular flexibility index (Phi) is 11.6. The molecule has 246 valence electrons. The van der Waals surface area contributed by atoms with Crippen molar-refractivity contribution in [3.05, 3.63) is 86.1 Å². The monoisotopic (exact) mass is 638 g/mol. The molecule has 0 bridgehead atoms. The first-order chi connectivity index (χ1) is 21.4. The van der Waals surface area contributed by atoms with E-state index in [0.29, 0.717) is 22.9 Å². The molecule has 2 N–H and O–H groups in total. The number of nitrogens with one attached hydrogen (secondary N) is 1. The van der Waals surface area contributed by atoms with Gasteiger partial charge in [-0.05, 0) is 93.4 Å². The van der Waals surface area contributed by atoms with E-state index in [1.807, 2.05) is 46.8 Å². The fraction of sp³-hybridized carbons (Fsp3) is 0.429. The Balaban J connectivity index is 2.13. The lowest BCUT2D eigenvalue weighted by Crippen LogP contribution is -2.40. The first-order valence-electron chi connectivity index (χ1n) is 15.0. The zero-order valence-corrected chi connectivity index (χ0v) is 27.2. The van der Waals surface area contributed by atoms with Crippen molar-refractivity contribution >= 4 is 11.9 Å². The highest BCUT2D eigenvalue weighted by Crippen LogP contribution is 2.34. The van der Waals surface area contributed by atoms with Gasteiger partial charge in [0, 0.05) is 30.6 Å². The van der Waals surface area contributed by atoms with Gasteiger partial charge in [-0.3, -0.25) is 14.4 Å². The number of halogens is 3. The van der Waals surface area contributed by atoms with E-state index in [0.717, 1.165) is 33.0 Å². The summed E-state index contributed by atoms with van der Waals surface area (Å²) < 4.78 is 42.7. The van der Waals surface area contributed by atoms with Crippen LogP contribution in [0.3, 0.4) is 0 Å². The predicted octanol–water partition coefficient (Wildman–Crippen LogP) is 5.86. The number of hydrogen-bond acceptors (Lipinski definition) is 5. The van der Waals surface area contributed by atoms with Crippen LogP contribution < -0.4 is 10.9 Å². The number of alkyl halides is 3. The fourth-order valence-corrected chi connectivity index (χ4v) is 5.71. The van der Waals surface area contributed by atoms with E-state index in [1.165, 1.54) is 6.20 Å². The number of hydrogen-bond donors (Lipinski definition) is 2. The molecule has 1 aromatic carbocycles. The number of carbonyl (C=O) groups is 2. The van der Waals surface area contributed by atoms with Crippen LogP contribution in [0.4, 0.5) is 13.2 Å². The quantitative estimate of drug-likeness (QED) is 0.241. The van der Waals surface area contributed by atoms with Crippen LogP contribution >= 0.6 is 0 Å². The number of aryl methyl sites for hydroxylation is 3. The number of carboxylic acid groups (broad SMARTS) is 1. The maximum Gasteiger partial charge on any atom is 0.416 e. The maximum atomic E-state index is 13.9. The average molecular weight is 639 g/mol. The molecule has 0 aliphatic carbocycles. The lowest BCUT2D eigenvalue weighted by atomic mass is 9.91. The Morgan fingerprint density at radius 1 is 1.11 bits per heavy atom. The molecule has 0 saturated heterocycles. The molecule has 0 fully saturated rings. The summed E-state index contributed by atoms with van der Waals surface area (Å²) in [5, 5.41) is 12.5. The van der Waals surface area contributed by atoms with Crippen molar-refractivity contribution in [2.45, 2.75) is 72.1 Å². The van der Waals surface area contributed by atoms with Gasteiger partial charge in [0.15, 0.2) is 0 Å². The number of carbonyl (C=O) groups excluding carboxylic acids is 1. The third-order valence-corrected chi connectivity index (χ3v) is 7.72. The molecule has 0 aliphatic heterocycles. The molecule has 0 unspecified atom stereocenters. The molecule has 8 nitrogen and oxygen atoms in total. The summed E-state index contributed by atoms with van der Waals surface area (Å²) in [5.74, 6) is 0.541. The van der Waals surface area contributed by atoms with Crippen LogP contribution in [0.25, 0.3) is 11.1 Å². The summed E-state index contributed by atoms with van der Waals surface area (Å²) in [5.41, 5.74) is 2.95. The van der Waals surface area contributed by atoms with E-state index in [-0.39, 0.29) is 30.9 Å². The van der Waals surface area contributed by atoms with E-state index in [1.54, 1.807) is 25.1 Å². The van der Waals surface area contributed by atoms with Crippen molar-refractivity contribution in [3.63, 3.8) is 0 Å². The second-order valence-electron chi connectivity index (χ2n) is 12.4.